The van der Waals surface area contributed by atoms with E-state index in [0.717, 1.165) is 25.2 Å². The number of hydrogen-bond donors (Lipinski definition) is 1. The van der Waals surface area contributed by atoms with Crippen LogP contribution in [-0.2, 0) is 4.74 Å². The third-order valence-corrected chi connectivity index (χ3v) is 3.73. The van der Waals surface area contributed by atoms with Gasteiger partial charge in [-0.15, -0.1) is 0 Å². The fourth-order valence-corrected chi connectivity index (χ4v) is 2.63. The molecular formula is C17H27NO2. The van der Waals surface area contributed by atoms with E-state index in [1.54, 1.807) is 0 Å². The Hall–Kier alpha value is -1.06. The molecule has 1 aliphatic rings. The highest BCUT2D eigenvalue weighted by atomic mass is 16.5. The van der Waals surface area contributed by atoms with Crippen LogP contribution in [0.25, 0.3) is 0 Å². The fourth-order valence-electron chi connectivity index (χ4n) is 2.63. The molecule has 1 aromatic carbocycles. The standard InChI is InChI=1S/C17H27NO2/c1-5-19-17-10-15(11-17)18-13(4)14-6-8-16(9-7-14)20-12(2)3/h6-9,12-13,15,17-18H,5,10-11H2,1-4H3. The van der Waals surface area contributed by atoms with E-state index in [0.29, 0.717) is 18.2 Å². The van der Waals surface area contributed by atoms with Crippen molar-refractivity contribution < 1.29 is 9.47 Å². The van der Waals surface area contributed by atoms with Crippen LogP contribution in [0, 0.1) is 0 Å². The first-order chi connectivity index (χ1) is 9.58. The van der Waals surface area contributed by atoms with Crippen LogP contribution >= 0.6 is 0 Å². The molecule has 0 radical (unpaired) electrons. The van der Waals surface area contributed by atoms with Gasteiger partial charge in [-0.1, -0.05) is 12.1 Å². The second-order valence-electron chi connectivity index (χ2n) is 5.87. The number of rotatable bonds is 7. The summed E-state index contributed by atoms with van der Waals surface area (Å²) in [6, 6.07) is 9.36. The number of hydrogen-bond acceptors (Lipinski definition) is 3. The Kier molecular flexibility index (Phi) is 5.44. The van der Waals surface area contributed by atoms with Gasteiger partial charge in [0.05, 0.1) is 12.2 Å². The molecule has 1 atom stereocenters. The molecule has 0 spiro atoms. The Morgan fingerprint density at radius 2 is 1.80 bits per heavy atom. The molecule has 1 unspecified atom stereocenters. The van der Waals surface area contributed by atoms with Gasteiger partial charge in [-0.2, -0.15) is 0 Å². The zero-order chi connectivity index (χ0) is 14.5. The highest BCUT2D eigenvalue weighted by Crippen LogP contribution is 2.26. The summed E-state index contributed by atoms with van der Waals surface area (Å²) in [5.74, 6) is 0.941. The van der Waals surface area contributed by atoms with Crippen LogP contribution in [0.4, 0.5) is 0 Å². The van der Waals surface area contributed by atoms with Crippen LogP contribution < -0.4 is 10.1 Å². The third kappa shape index (κ3) is 4.22. The first-order valence-electron chi connectivity index (χ1n) is 7.72. The summed E-state index contributed by atoms with van der Waals surface area (Å²) in [5, 5.41) is 3.66. The summed E-state index contributed by atoms with van der Waals surface area (Å²) < 4.78 is 11.3. The van der Waals surface area contributed by atoms with Crippen LogP contribution in [0.3, 0.4) is 0 Å². The Morgan fingerprint density at radius 1 is 1.15 bits per heavy atom. The Balaban J connectivity index is 1.79. The normalized spacial score (nSPS) is 23.4. The molecule has 0 bridgehead atoms. The fraction of sp³-hybridized carbons (Fsp3) is 0.647. The maximum absolute atomic E-state index is 5.67. The second-order valence-corrected chi connectivity index (χ2v) is 5.87. The lowest BCUT2D eigenvalue weighted by Crippen LogP contribution is -2.46. The smallest absolute Gasteiger partial charge is 0.119 e. The predicted molar refractivity (Wildman–Crippen MR) is 82.2 cm³/mol. The average molecular weight is 277 g/mol. The Morgan fingerprint density at radius 3 is 2.35 bits per heavy atom. The molecule has 0 aliphatic heterocycles. The number of benzene rings is 1. The molecule has 1 fully saturated rings. The molecule has 1 aromatic rings. The monoisotopic (exact) mass is 277 g/mol. The molecule has 0 saturated heterocycles. The van der Waals surface area contributed by atoms with Crippen molar-refractivity contribution in [1.29, 1.82) is 0 Å². The molecule has 3 heteroatoms. The van der Waals surface area contributed by atoms with Gasteiger partial charge >= 0.3 is 0 Å². The lowest BCUT2D eigenvalue weighted by atomic mass is 9.88. The zero-order valence-corrected chi connectivity index (χ0v) is 13.1. The van der Waals surface area contributed by atoms with Gasteiger partial charge in [0.15, 0.2) is 0 Å². The predicted octanol–water partition coefficient (Wildman–Crippen LogP) is 3.69. The summed E-state index contributed by atoms with van der Waals surface area (Å²) in [7, 11) is 0. The van der Waals surface area contributed by atoms with Crippen LogP contribution in [0.1, 0.15) is 52.1 Å². The van der Waals surface area contributed by atoms with E-state index in [1.807, 2.05) is 13.8 Å². The minimum atomic E-state index is 0.224. The van der Waals surface area contributed by atoms with Crippen molar-refractivity contribution in [2.75, 3.05) is 6.61 Å². The van der Waals surface area contributed by atoms with Crippen molar-refractivity contribution in [3.8, 4) is 5.75 Å². The van der Waals surface area contributed by atoms with Gasteiger partial charge in [-0.25, -0.2) is 0 Å². The lowest BCUT2D eigenvalue weighted by molar-refractivity contribution is -0.0120. The Labute approximate surface area is 122 Å². The largest absolute Gasteiger partial charge is 0.491 e. The van der Waals surface area contributed by atoms with E-state index in [9.17, 15) is 0 Å². The van der Waals surface area contributed by atoms with Gasteiger partial charge in [0, 0.05) is 18.7 Å². The first kappa shape index (κ1) is 15.3. The summed E-state index contributed by atoms with van der Waals surface area (Å²) >= 11 is 0. The van der Waals surface area contributed by atoms with Gasteiger partial charge in [-0.05, 0) is 58.2 Å². The minimum absolute atomic E-state index is 0.224. The summed E-state index contributed by atoms with van der Waals surface area (Å²) in [6.45, 7) is 9.19. The molecule has 3 nitrogen and oxygen atoms in total. The van der Waals surface area contributed by atoms with Crippen molar-refractivity contribution >= 4 is 0 Å². The van der Waals surface area contributed by atoms with Gasteiger partial charge in [-0.3, -0.25) is 0 Å². The van der Waals surface area contributed by atoms with E-state index in [1.165, 1.54) is 5.56 Å². The van der Waals surface area contributed by atoms with E-state index in [2.05, 4.69) is 43.4 Å². The maximum Gasteiger partial charge on any atom is 0.119 e. The molecule has 0 aromatic heterocycles. The van der Waals surface area contributed by atoms with Crippen molar-refractivity contribution in [1.82, 2.24) is 5.32 Å². The van der Waals surface area contributed by atoms with Gasteiger partial charge in [0.1, 0.15) is 5.75 Å². The van der Waals surface area contributed by atoms with E-state index in [4.69, 9.17) is 9.47 Å². The zero-order valence-electron chi connectivity index (χ0n) is 13.1. The van der Waals surface area contributed by atoms with Crippen molar-refractivity contribution in [2.24, 2.45) is 0 Å². The number of ether oxygens (including phenoxy) is 2. The van der Waals surface area contributed by atoms with Crippen molar-refractivity contribution in [3.05, 3.63) is 29.8 Å². The molecule has 0 heterocycles. The van der Waals surface area contributed by atoms with Crippen LogP contribution in [-0.4, -0.2) is 24.9 Å². The highest BCUT2D eigenvalue weighted by molar-refractivity contribution is 5.29. The Bertz CT molecular complexity index is 396. The summed E-state index contributed by atoms with van der Waals surface area (Å²) in [4.78, 5) is 0. The molecule has 1 saturated carbocycles. The number of nitrogens with one attached hydrogen (secondary N) is 1. The van der Waals surface area contributed by atoms with Crippen LogP contribution in [0.15, 0.2) is 24.3 Å². The van der Waals surface area contributed by atoms with E-state index < -0.39 is 0 Å². The topological polar surface area (TPSA) is 30.5 Å². The maximum atomic E-state index is 5.67. The van der Waals surface area contributed by atoms with Crippen LogP contribution in [0.5, 0.6) is 5.75 Å². The van der Waals surface area contributed by atoms with E-state index in [-0.39, 0.29) is 6.10 Å². The molecule has 1 aliphatic carbocycles. The SMILES string of the molecule is CCOC1CC(NC(C)c2ccc(OC(C)C)cc2)C1. The highest BCUT2D eigenvalue weighted by Gasteiger charge is 2.30. The third-order valence-electron chi connectivity index (χ3n) is 3.73. The molecular weight excluding hydrogens is 250 g/mol. The molecule has 1 N–H and O–H groups in total. The van der Waals surface area contributed by atoms with Gasteiger partial charge in [0.2, 0.25) is 0 Å². The van der Waals surface area contributed by atoms with Gasteiger partial charge < -0.3 is 14.8 Å². The molecule has 0 amide bonds. The van der Waals surface area contributed by atoms with Crippen molar-refractivity contribution in [3.63, 3.8) is 0 Å². The van der Waals surface area contributed by atoms with E-state index >= 15 is 0 Å². The first-order valence-corrected chi connectivity index (χ1v) is 7.72. The quantitative estimate of drug-likeness (QED) is 0.824. The lowest BCUT2D eigenvalue weighted by Gasteiger charge is -2.37. The second kappa shape index (κ2) is 7.09. The van der Waals surface area contributed by atoms with Crippen molar-refractivity contribution in [2.45, 2.75) is 64.8 Å². The molecule has 20 heavy (non-hydrogen) atoms. The molecule has 112 valence electrons. The summed E-state index contributed by atoms with van der Waals surface area (Å²) in [6.07, 6.45) is 2.95. The van der Waals surface area contributed by atoms with Crippen LogP contribution in [0.2, 0.25) is 0 Å². The summed E-state index contributed by atoms with van der Waals surface area (Å²) in [5.41, 5.74) is 1.31. The average Bonchev–Trinajstić information content (AvgIpc) is 2.36. The molecule has 2 rings (SSSR count). The minimum Gasteiger partial charge on any atom is -0.491 e. The van der Waals surface area contributed by atoms with Gasteiger partial charge in [0.25, 0.3) is 0 Å².